The maximum absolute atomic E-state index is 14.6. The fraction of sp³-hybridized carbons (Fsp3) is 0.438. The molecule has 11 heteroatoms. The van der Waals surface area contributed by atoms with E-state index in [2.05, 4.69) is 10.4 Å². The molecule has 0 saturated heterocycles. The van der Waals surface area contributed by atoms with Crippen LogP contribution >= 0.6 is 0 Å². The van der Waals surface area contributed by atoms with Crippen molar-refractivity contribution in [3.8, 4) is 0 Å². The molecule has 146 valence electrons. The lowest BCUT2D eigenvalue weighted by molar-refractivity contribution is -0.167. The van der Waals surface area contributed by atoms with Crippen LogP contribution in [0.3, 0.4) is 0 Å². The quantitative estimate of drug-likeness (QED) is 0.687. The standard InChI is InChI=1S/C16H17F4N5O2/c1-14(2,17)15(3-4-15)24-11-9(12(21)26)6-22-25-7-8(5-10(11)25)23-13(27)16(18,19)20/h5-7,24H,3-4H2,1-2H3,(H2,21,26)(H,23,27). The van der Waals surface area contributed by atoms with Gasteiger partial charge in [-0.3, -0.25) is 9.59 Å². The van der Waals surface area contributed by atoms with Gasteiger partial charge in [-0.25, -0.2) is 8.91 Å². The number of aromatic nitrogens is 2. The number of primary amides is 1. The number of rotatable bonds is 5. The van der Waals surface area contributed by atoms with E-state index in [1.165, 1.54) is 24.4 Å². The zero-order valence-electron chi connectivity index (χ0n) is 14.4. The Morgan fingerprint density at radius 2 is 1.89 bits per heavy atom. The van der Waals surface area contributed by atoms with Crippen molar-refractivity contribution in [3.63, 3.8) is 0 Å². The fourth-order valence-corrected chi connectivity index (χ4v) is 2.88. The molecule has 3 rings (SSSR count). The van der Waals surface area contributed by atoms with Crippen molar-refractivity contribution in [2.24, 2.45) is 5.73 Å². The molecule has 1 saturated carbocycles. The number of anilines is 2. The molecule has 2 aromatic heterocycles. The van der Waals surface area contributed by atoms with Crippen LogP contribution in [0.15, 0.2) is 18.5 Å². The highest BCUT2D eigenvalue weighted by molar-refractivity contribution is 6.03. The molecule has 2 heterocycles. The Hall–Kier alpha value is -2.85. The van der Waals surface area contributed by atoms with Crippen molar-refractivity contribution in [1.29, 1.82) is 0 Å². The number of hydrogen-bond donors (Lipinski definition) is 3. The Bertz CT molecular complexity index is 925. The minimum absolute atomic E-state index is 0.0372. The van der Waals surface area contributed by atoms with Crippen LogP contribution < -0.4 is 16.4 Å². The van der Waals surface area contributed by atoms with Gasteiger partial charge >= 0.3 is 12.1 Å². The van der Waals surface area contributed by atoms with E-state index in [0.717, 1.165) is 12.4 Å². The van der Waals surface area contributed by atoms with Crippen molar-refractivity contribution < 1.29 is 27.2 Å². The largest absolute Gasteiger partial charge is 0.471 e. The summed E-state index contributed by atoms with van der Waals surface area (Å²) in [5.74, 6) is -2.98. The molecule has 7 nitrogen and oxygen atoms in total. The van der Waals surface area contributed by atoms with Gasteiger partial charge in [0.2, 0.25) is 0 Å². The van der Waals surface area contributed by atoms with Crippen molar-refractivity contribution in [2.45, 2.75) is 44.1 Å². The maximum Gasteiger partial charge on any atom is 0.471 e. The zero-order chi connectivity index (χ0) is 20.2. The van der Waals surface area contributed by atoms with Gasteiger partial charge in [0.25, 0.3) is 5.91 Å². The highest BCUT2D eigenvalue weighted by Gasteiger charge is 2.56. The fourth-order valence-electron chi connectivity index (χ4n) is 2.88. The monoisotopic (exact) mass is 387 g/mol. The molecule has 2 aromatic rings. The summed E-state index contributed by atoms with van der Waals surface area (Å²) in [6.07, 6.45) is -1.77. The molecule has 27 heavy (non-hydrogen) atoms. The van der Waals surface area contributed by atoms with Gasteiger partial charge in [0.05, 0.1) is 40.4 Å². The smallest absolute Gasteiger partial charge is 0.374 e. The first-order valence-corrected chi connectivity index (χ1v) is 8.00. The number of nitrogens with one attached hydrogen (secondary N) is 2. The summed E-state index contributed by atoms with van der Waals surface area (Å²) in [4.78, 5) is 22.9. The molecule has 2 amide bonds. The number of carbonyl (C=O) groups excluding carboxylic acids is 2. The van der Waals surface area contributed by atoms with E-state index < -0.39 is 29.2 Å². The number of halogens is 4. The summed E-state index contributed by atoms with van der Waals surface area (Å²) < 4.78 is 53.1. The predicted octanol–water partition coefficient (Wildman–Crippen LogP) is 2.63. The number of nitrogens with two attached hydrogens (primary N) is 1. The molecule has 1 aliphatic rings. The van der Waals surface area contributed by atoms with E-state index in [-0.39, 0.29) is 22.5 Å². The molecule has 0 bridgehead atoms. The summed E-state index contributed by atoms with van der Waals surface area (Å²) in [6, 6.07) is 1.20. The number of nitrogens with zero attached hydrogens (tertiary/aromatic N) is 2. The number of amides is 2. The first kappa shape index (κ1) is 18.9. The van der Waals surface area contributed by atoms with E-state index in [1.807, 2.05) is 0 Å². The third-order valence-electron chi connectivity index (χ3n) is 4.67. The zero-order valence-corrected chi connectivity index (χ0v) is 14.4. The summed E-state index contributed by atoms with van der Waals surface area (Å²) in [5, 5.41) is 8.62. The van der Waals surface area contributed by atoms with Gasteiger partial charge in [0.1, 0.15) is 5.67 Å². The lowest BCUT2D eigenvalue weighted by Gasteiger charge is -2.29. The number of hydrogen-bond acceptors (Lipinski definition) is 4. The lowest BCUT2D eigenvalue weighted by atomic mass is 9.97. The molecule has 0 aliphatic heterocycles. The topological polar surface area (TPSA) is 102 Å². The molecule has 0 radical (unpaired) electrons. The van der Waals surface area contributed by atoms with Gasteiger partial charge in [0, 0.05) is 0 Å². The Kier molecular flexibility index (Phi) is 4.08. The molecule has 4 N–H and O–H groups in total. The van der Waals surface area contributed by atoms with E-state index >= 15 is 0 Å². The van der Waals surface area contributed by atoms with Crippen LogP contribution in [-0.4, -0.2) is 38.8 Å². The van der Waals surface area contributed by atoms with Crippen LogP contribution in [0.1, 0.15) is 37.0 Å². The van der Waals surface area contributed by atoms with Crippen LogP contribution in [-0.2, 0) is 4.79 Å². The van der Waals surface area contributed by atoms with Gasteiger partial charge in [-0.05, 0) is 32.8 Å². The van der Waals surface area contributed by atoms with E-state index in [4.69, 9.17) is 5.73 Å². The second-order valence-electron chi connectivity index (χ2n) is 6.99. The van der Waals surface area contributed by atoms with Crippen LogP contribution in [0.5, 0.6) is 0 Å². The second-order valence-corrected chi connectivity index (χ2v) is 6.99. The van der Waals surface area contributed by atoms with Gasteiger partial charge < -0.3 is 16.4 Å². The Labute approximate surface area is 150 Å². The van der Waals surface area contributed by atoms with E-state index in [0.29, 0.717) is 12.8 Å². The number of fused-ring (bicyclic) bond motifs is 1. The summed E-state index contributed by atoms with van der Waals surface area (Å²) in [6.45, 7) is 2.78. The van der Waals surface area contributed by atoms with Gasteiger partial charge in [-0.15, -0.1) is 0 Å². The average molecular weight is 387 g/mol. The molecular weight excluding hydrogens is 370 g/mol. The highest BCUT2D eigenvalue weighted by Crippen LogP contribution is 2.50. The lowest BCUT2D eigenvalue weighted by Crippen LogP contribution is -2.41. The van der Waals surface area contributed by atoms with Gasteiger partial charge in [0.15, 0.2) is 0 Å². The minimum atomic E-state index is -5.06. The Morgan fingerprint density at radius 3 is 2.37 bits per heavy atom. The van der Waals surface area contributed by atoms with E-state index in [9.17, 15) is 27.2 Å². The summed E-state index contributed by atoms with van der Waals surface area (Å²) in [7, 11) is 0. The van der Waals surface area contributed by atoms with Crippen molar-refractivity contribution >= 4 is 28.7 Å². The highest BCUT2D eigenvalue weighted by atomic mass is 19.4. The Morgan fingerprint density at radius 1 is 1.26 bits per heavy atom. The first-order chi connectivity index (χ1) is 12.3. The SMILES string of the molecule is CC(C)(F)C1(Nc2c(C(N)=O)cnn3cc(NC(=O)C(F)(F)F)cc23)CC1. The maximum atomic E-state index is 14.6. The molecule has 0 atom stereocenters. The van der Waals surface area contributed by atoms with Crippen molar-refractivity contribution in [3.05, 3.63) is 24.0 Å². The molecular formula is C16H17F4N5O2. The molecule has 0 unspecified atom stereocenters. The normalized spacial score (nSPS) is 16.2. The number of carbonyl (C=O) groups is 2. The molecule has 0 spiro atoms. The van der Waals surface area contributed by atoms with Crippen LogP contribution in [0.4, 0.5) is 28.9 Å². The predicted molar refractivity (Wildman–Crippen MR) is 89.2 cm³/mol. The summed E-state index contributed by atoms with van der Waals surface area (Å²) >= 11 is 0. The number of alkyl halides is 4. The first-order valence-electron chi connectivity index (χ1n) is 8.00. The molecule has 1 fully saturated rings. The third-order valence-corrected chi connectivity index (χ3v) is 4.67. The minimum Gasteiger partial charge on any atom is -0.374 e. The third kappa shape index (κ3) is 3.40. The molecule has 1 aliphatic carbocycles. The van der Waals surface area contributed by atoms with Gasteiger partial charge in [-0.1, -0.05) is 0 Å². The van der Waals surface area contributed by atoms with Crippen molar-refractivity contribution in [2.75, 3.05) is 10.6 Å². The van der Waals surface area contributed by atoms with Crippen molar-refractivity contribution in [1.82, 2.24) is 9.61 Å². The van der Waals surface area contributed by atoms with Crippen LogP contribution in [0, 0.1) is 0 Å². The second kappa shape index (κ2) is 5.83. The average Bonchev–Trinajstić information content (AvgIpc) is 3.19. The Balaban J connectivity index is 2.06. The van der Waals surface area contributed by atoms with Gasteiger partial charge in [-0.2, -0.15) is 18.3 Å². The van der Waals surface area contributed by atoms with Crippen LogP contribution in [0.2, 0.25) is 0 Å². The van der Waals surface area contributed by atoms with E-state index in [1.54, 1.807) is 5.32 Å². The van der Waals surface area contributed by atoms with Crippen LogP contribution in [0.25, 0.3) is 5.52 Å². The summed E-state index contributed by atoms with van der Waals surface area (Å²) in [5.41, 5.74) is 2.91. The molecule has 0 aromatic carbocycles.